The molecular formula is C18H27N3O4. The second-order valence-corrected chi connectivity index (χ2v) is 6.33. The van der Waals surface area contributed by atoms with Gasteiger partial charge in [-0.05, 0) is 24.6 Å². The van der Waals surface area contributed by atoms with E-state index in [9.17, 15) is 14.7 Å². The largest absolute Gasteiger partial charge is 0.494 e. The molecule has 7 heteroatoms. The van der Waals surface area contributed by atoms with Gasteiger partial charge < -0.3 is 20.5 Å². The molecule has 7 nitrogen and oxygen atoms in total. The Balaban J connectivity index is 2.12. The molecule has 1 aromatic rings. The van der Waals surface area contributed by atoms with E-state index in [-0.39, 0.29) is 24.3 Å². The van der Waals surface area contributed by atoms with E-state index in [2.05, 4.69) is 4.90 Å². The molecule has 0 aromatic heterocycles. The summed E-state index contributed by atoms with van der Waals surface area (Å²) in [6, 6.07) is 5.73. The van der Waals surface area contributed by atoms with Crippen LogP contribution in [0.4, 0.5) is 0 Å². The third-order valence-corrected chi connectivity index (χ3v) is 4.45. The lowest BCUT2D eigenvalue weighted by Gasteiger charge is -2.22. The van der Waals surface area contributed by atoms with E-state index in [1.807, 2.05) is 25.1 Å². The van der Waals surface area contributed by atoms with Crippen molar-refractivity contribution >= 4 is 11.8 Å². The third-order valence-electron chi connectivity index (χ3n) is 4.45. The normalized spacial score (nSPS) is 18.7. The number of benzene rings is 1. The fraction of sp³-hybridized carbons (Fsp3) is 0.556. The van der Waals surface area contributed by atoms with Crippen LogP contribution in [0.15, 0.2) is 18.2 Å². The van der Waals surface area contributed by atoms with Crippen molar-refractivity contribution in [3.63, 3.8) is 0 Å². The topological polar surface area (TPSA) is 96.1 Å². The van der Waals surface area contributed by atoms with Gasteiger partial charge in [0.2, 0.25) is 11.8 Å². The second kappa shape index (κ2) is 8.82. The lowest BCUT2D eigenvalue weighted by molar-refractivity contribution is -0.130. The Morgan fingerprint density at radius 1 is 1.32 bits per heavy atom. The van der Waals surface area contributed by atoms with Crippen LogP contribution < -0.4 is 10.5 Å². The molecule has 0 spiro atoms. The van der Waals surface area contributed by atoms with Crippen LogP contribution >= 0.6 is 0 Å². The van der Waals surface area contributed by atoms with E-state index in [0.29, 0.717) is 45.1 Å². The number of rotatable bonds is 6. The van der Waals surface area contributed by atoms with Crippen LogP contribution in [0.3, 0.4) is 0 Å². The Labute approximate surface area is 148 Å². The molecule has 1 aromatic carbocycles. The molecule has 1 aliphatic rings. The molecular weight excluding hydrogens is 322 g/mol. The molecule has 1 heterocycles. The lowest BCUT2D eigenvalue weighted by atomic mass is 10.1. The Morgan fingerprint density at radius 3 is 2.68 bits per heavy atom. The number of hydrogen-bond acceptors (Lipinski definition) is 5. The Bertz CT molecular complexity index is 620. The molecule has 1 unspecified atom stereocenters. The predicted molar refractivity (Wildman–Crippen MR) is 93.7 cm³/mol. The highest BCUT2D eigenvalue weighted by molar-refractivity contribution is 5.79. The molecule has 1 fully saturated rings. The van der Waals surface area contributed by atoms with E-state index < -0.39 is 0 Å². The van der Waals surface area contributed by atoms with Crippen LogP contribution in [0.25, 0.3) is 0 Å². The van der Waals surface area contributed by atoms with Gasteiger partial charge >= 0.3 is 0 Å². The van der Waals surface area contributed by atoms with Crippen molar-refractivity contribution in [2.45, 2.75) is 27.0 Å². The van der Waals surface area contributed by atoms with E-state index >= 15 is 0 Å². The summed E-state index contributed by atoms with van der Waals surface area (Å²) in [6.45, 7) is 6.60. The number of nitrogens with zero attached hydrogens (tertiary/aromatic N) is 2. The average Bonchev–Trinajstić information content (AvgIpc) is 2.79. The minimum Gasteiger partial charge on any atom is -0.494 e. The van der Waals surface area contributed by atoms with Crippen molar-refractivity contribution < 1.29 is 19.4 Å². The third kappa shape index (κ3) is 5.17. The smallest absolute Gasteiger partial charge is 0.223 e. The summed E-state index contributed by atoms with van der Waals surface area (Å²) < 4.78 is 5.50. The molecule has 1 atom stereocenters. The van der Waals surface area contributed by atoms with Crippen LogP contribution in [0.1, 0.15) is 25.0 Å². The molecule has 0 radical (unpaired) electrons. The highest BCUT2D eigenvalue weighted by Gasteiger charge is 2.27. The molecule has 2 amide bonds. The Hall–Kier alpha value is -2.12. The molecule has 0 aliphatic carbocycles. The number of aliphatic hydroxyl groups excluding tert-OH is 1. The van der Waals surface area contributed by atoms with Crippen molar-refractivity contribution in [2.24, 2.45) is 11.7 Å². The van der Waals surface area contributed by atoms with Gasteiger partial charge in [-0.15, -0.1) is 0 Å². The van der Waals surface area contributed by atoms with Gasteiger partial charge in [-0.3, -0.25) is 14.5 Å². The van der Waals surface area contributed by atoms with Gasteiger partial charge in [0.05, 0.1) is 19.1 Å². The van der Waals surface area contributed by atoms with Gasteiger partial charge in [0.15, 0.2) is 0 Å². The Morgan fingerprint density at radius 2 is 2.08 bits per heavy atom. The first kappa shape index (κ1) is 19.2. The summed E-state index contributed by atoms with van der Waals surface area (Å²) in [7, 11) is 0. The number of nitrogens with two attached hydrogens (primary N) is 1. The van der Waals surface area contributed by atoms with Gasteiger partial charge in [0, 0.05) is 45.2 Å². The van der Waals surface area contributed by atoms with E-state index in [4.69, 9.17) is 10.5 Å². The second-order valence-electron chi connectivity index (χ2n) is 6.33. The summed E-state index contributed by atoms with van der Waals surface area (Å²) in [6.07, 6.45) is 0. The lowest BCUT2D eigenvalue weighted by Crippen LogP contribution is -2.39. The molecule has 25 heavy (non-hydrogen) atoms. The van der Waals surface area contributed by atoms with Gasteiger partial charge in [-0.2, -0.15) is 0 Å². The first-order valence-electron chi connectivity index (χ1n) is 8.57. The fourth-order valence-electron chi connectivity index (χ4n) is 3.10. The number of carbonyl (C=O) groups is 2. The highest BCUT2D eigenvalue weighted by Crippen LogP contribution is 2.22. The number of aliphatic hydroxyl groups is 1. The first-order valence-corrected chi connectivity index (χ1v) is 8.57. The van der Waals surface area contributed by atoms with Crippen LogP contribution in [0, 0.1) is 5.92 Å². The maximum atomic E-state index is 11.7. The minimum atomic E-state index is -0.388. The highest BCUT2D eigenvalue weighted by atomic mass is 16.5. The minimum absolute atomic E-state index is 0.0447. The predicted octanol–water partition coefficient (Wildman–Crippen LogP) is 0.343. The monoisotopic (exact) mass is 349 g/mol. The number of primary amides is 1. The number of hydrogen-bond donors (Lipinski definition) is 2. The quantitative estimate of drug-likeness (QED) is 0.772. The first-order chi connectivity index (χ1) is 11.9. The van der Waals surface area contributed by atoms with Crippen molar-refractivity contribution in [3.05, 3.63) is 29.3 Å². The maximum Gasteiger partial charge on any atom is 0.223 e. The zero-order chi connectivity index (χ0) is 18.4. The van der Waals surface area contributed by atoms with Crippen LogP contribution in [-0.4, -0.2) is 59.5 Å². The van der Waals surface area contributed by atoms with Crippen molar-refractivity contribution in [2.75, 3.05) is 32.8 Å². The van der Waals surface area contributed by atoms with Crippen molar-refractivity contribution in [1.82, 2.24) is 9.80 Å². The SMILES string of the molecule is CCOc1ccc(CN2CCN(C(C)=O)CC(C(N)=O)C2)cc1CO. The molecule has 0 saturated carbocycles. The number of amides is 2. The van der Waals surface area contributed by atoms with Gasteiger partial charge in [0.25, 0.3) is 0 Å². The molecule has 0 bridgehead atoms. The van der Waals surface area contributed by atoms with Crippen molar-refractivity contribution in [3.8, 4) is 5.75 Å². The molecule has 3 N–H and O–H groups in total. The summed E-state index contributed by atoms with van der Waals surface area (Å²) in [5.74, 6) is -0.133. The van der Waals surface area contributed by atoms with Crippen LogP contribution in [0.2, 0.25) is 0 Å². The summed E-state index contributed by atoms with van der Waals surface area (Å²) in [5.41, 5.74) is 7.26. The van der Waals surface area contributed by atoms with Crippen LogP contribution in [0.5, 0.6) is 5.75 Å². The van der Waals surface area contributed by atoms with E-state index in [0.717, 1.165) is 11.1 Å². The zero-order valence-electron chi connectivity index (χ0n) is 14.9. The van der Waals surface area contributed by atoms with Gasteiger partial charge in [0.1, 0.15) is 5.75 Å². The number of ether oxygens (including phenoxy) is 1. The van der Waals surface area contributed by atoms with E-state index in [1.54, 1.807) is 4.90 Å². The summed E-state index contributed by atoms with van der Waals surface area (Å²) >= 11 is 0. The molecule has 2 rings (SSSR count). The Kier molecular flexibility index (Phi) is 6.78. The average molecular weight is 349 g/mol. The molecule has 1 saturated heterocycles. The van der Waals surface area contributed by atoms with Crippen molar-refractivity contribution in [1.29, 1.82) is 0 Å². The van der Waals surface area contributed by atoms with Gasteiger partial charge in [-0.1, -0.05) is 6.07 Å². The van der Waals surface area contributed by atoms with E-state index in [1.165, 1.54) is 6.92 Å². The van der Waals surface area contributed by atoms with Crippen LogP contribution in [-0.2, 0) is 22.7 Å². The van der Waals surface area contributed by atoms with Gasteiger partial charge in [-0.25, -0.2) is 0 Å². The standard InChI is InChI=1S/C18H27N3O4/c1-3-25-17-5-4-14(8-15(17)12-22)9-20-6-7-21(13(2)23)11-16(10-20)18(19)24/h4-5,8,16,22H,3,6-7,9-12H2,1-2H3,(H2,19,24). The zero-order valence-corrected chi connectivity index (χ0v) is 14.9. The summed E-state index contributed by atoms with van der Waals surface area (Å²) in [5, 5.41) is 9.53. The number of carbonyl (C=O) groups excluding carboxylic acids is 2. The maximum absolute atomic E-state index is 11.7. The molecule has 1 aliphatic heterocycles. The fourth-order valence-corrected chi connectivity index (χ4v) is 3.10. The molecule has 138 valence electrons. The summed E-state index contributed by atoms with van der Waals surface area (Å²) in [4.78, 5) is 27.2.